The van der Waals surface area contributed by atoms with Gasteiger partial charge in [-0.3, -0.25) is 14.4 Å². The molecule has 1 aromatic carbocycles. The zero-order chi connectivity index (χ0) is 13.8. The fraction of sp³-hybridized carbons (Fsp3) is 0.267. The van der Waals surface area contributed by atoms with E-state index in [9.17, 15) is 14.4 Å². The third kappa shape index (κ3) is 1.56. The Bertz CT molecular complexity index is 664. The van der Waals surface area contributed by atoms with Crippen LogP contribution in [-0.2, 0) is 14.3 Å². The van der Waals surface area contributed by atoms with Crippen molar-refractivity contribution in [1.82, 2.24) is 0 Å². The van der Waals surface area contributed by atoms with Gasteiger partial charge in [-0.1, -0.05) is 24.3 Å². The topological polar surface area (TPSA) is 60.4 Å². The molecule has 19 heavy (non-hydrogen) atoms. The van der Waals surface area contributed by atoms with Crippen molar-refractivity contribution >= 4 is 23.1 Å². The lowest BCUT2D eigenvalue weighted by atomic mass is 9.82. The van der Waals surface area contributed by atoms with Crippen molar-refractivity contribution in [3.05, 3.63) is 41.0 Å². The number of carbonyl (C=O) groups excluding carboxylic acids is 3. The Labute approximate surface area is 110 Å². The molecule has 96 valence electrons. The quantitative estimate of drug-likeness (QED) is 0.665. The van der Waals surface area contributed by atoms with Gasteiger partial charge in [0.25, 0.3) is 0 Å². The van der Waals surface area contributed by atoms with Gasteiger partial charge in [0.05, 0.1) is 5.57 Å². The highest BCUT2D eigenvalue weighted by Gasteiger charge is 2.44. The molecular weight excluding hydrogens is 244 g/mol. The summed E-state index contributed by atoms with van der Waals surface area (Å²) in [5.41, 5.74) is 0.166. The molecule has 0 N–H and O–H groups in total. The van der Waals surface area contributed by atoms with Gasteiger partial charge >= 0.3 is 0 Å². The van der Waals surface area contributed by atoms with E-state index in [2.05, 4.69) is 0 Å². The van der Waals surface area contributed by atoms with Crippen molar-refractivity contribution in [3.8, 4) is 0 Å². The van der Waals surface area contributed by atoms with E-state index < -0.39 is 17.2 Å². The normalized spacial score (nSPS) is 20.8. The Morgan fingerprint density at radius 3 is 2.32 bits per heavy atom. The summed E-state index contributed by atoms with van der Waals surface area (Å²) in [6.07, 6.45) is -0.0404. The highest BCUT2D eigenvalue weighted by molar-refractivity contribution is 6.52. The average molecular weight is 256 g/mol. The molecule has 4 nitrogen and oxygen atoms in total. The summed E-state index contributed by atoms with van der Waals surface area (Å²) < 4.78 is 5.69. The Kier molecular flexibility index (Phi) is 2.26. The molecule has 2 aliphatic rings. The molecule has 1 aromatic rings. The second-order valence-corrected chi connectivity index (χ2v) is 5.22. The van der Waals surface area contributed by atoms with Gasteiger partial charge in [-0.05, 0) is 13.8 Å². The van der Waals surface area contributed by atoms with Crippen LogP contribution in [0.5, 0.6) is 0 Å². The number of ketones is 3. The maximum absolute atomic E-state index is 12.0. The Hall–Kier alpha value is -2.23. The van der Waals surface area contributed by atoms with E-state index in [0.29, 0.717) is 16.9 Å². The fourth-order valence-corrected chi connectivity index (χ4v) is 2.37. The molecule has 0 fully saturated rings. The van der Waals surface area contributed by atoms with Crippen molar-refractivity contribution in [2.45, 2.75) is 25.9 Å². The van der Waals surface area contributed by atoms with Crippen LogP contribution in [0, 0.1) is 0 Å². The molecule has 0 amide bonds. The van der Waals surface area contributed by atoms with Crippen LogP contribution in [0.15, 0.2) is 29.8 Å². The highest BCUT2D eigenvalue weighted by atomic mass is 16.5. The minimum absolute atomic E-state index is 0.0404. The van der Waals surface area contributed by atoms with Crippen LogP contribution in [-0.4, -0.2) is 23.0 Å². The Balaban J connectivity index is 2.26. The summed E-state index contributed by atoms with van der Waals surface area (Å²) in [5, 5.41) is 0. The van der Waals surface area contributed by atoms with Crippen molar-refractivity contribution in [2.75, 3.05) is 0 Å². The third-order valence-electron chi connectivity index (χ3n) is 3.54. The van der Waals surface area contributed by atoms with Gasteiger partial charge in [-0.2, -0.15) is 0 Å². The summed E-state index contributed by atoms with van der Waals surface area (Å²) in [7, 11) is 0. The van der Waals surface area contributed by atoms with E-state index in [1.165, 1.54) is 0 Å². The number of ether oxygens (including phenoxy) is 1. The summed E-state index contributed by atoms with van der Waals surface area (Å²) in [5.74, 6) is -1.00. The SMILES string of the molecule is CC1(C)OC2=C(CC1=O)C(=O)C(=O)c1ccccc12. The maximum atomic E-state index is 12.0. The molecule has 0 saturated carbocycles. The summed E-state index contributed by atoms with van der Waals surface area (Å²) in [6.45, 7) is 3.34. The average Bonchev–Trinajstić information content (AvgIpc) is 2.38. The van der Waals surface area contributed by atoms with Crippen molar-refractivity contribution < 1.29 is 19.1 Å². The molecule has 0 unspecified atom stereocenters. The van der Waals surface area contributed by atoms with Crippen LogP contribution in [0.4, 0.5) is 0 Å². The smallest absolute Gasteiger partial charge is 0.234 e. The molecule has 0 saturated heterocycles. The zero-order valence-electron chi connectivity index (χ0n) is 10.6. The van der Waals surface area contributed by atoms with Gasteiger partial charge in [-0.25, -0.2) is 0 Å². The molecule has 0 spiro atoms. The van der Waals surface area contributed by atoms with Gasteiger partial charge < -0.3 is 4.74 Å². The molecule has 1 aliphatic carbocycles. The summed E-state index contributed by atoms with van der Waals surface area (Å²) >= 11 is 0. The first-order valence-corrected chi connectivity index (χ1v) is 6.06. The van der Waals surface area contributed by atoms with Crippen LogP contribution >= 0.6 is 0 Å². The van der Waals surface area contributed by atoms with Crippen molar-refractivity contribution in [3.63, 3.8) is 0 Å². The zero-order valence-corrected chi connectivity index (χ0v) is 10.6. The predicted molar refractivity (Wildman–Crippen MR) is 67.5 cm³/mol. The first-order chi connectivity index (χ1) is 8.92. The lowest BCUT2D eigenvalue weighted by molar-refractivity contribution is -0.135. The largest absolute Gasteiger partial charge is 0.479 e. The number of carbonyl (C=O) groups is 3. The summed E-state index contributed by atoms with van der Waals surface area (Å²) in [6, 6.07) is 6.82. The van der Waals surface area contributed by atoms with E-state index in [4.69, 9.17) is 4.74 Å². The number of allylic oxidation sites excluding steroid dienone is 1. The lowest BCUT2D eigenvalue weighted by Gasteiger charge is -2.34. The van der Waals surface area contributed by atoms with Crippen LogP contribution < -0.4 is 0 Å². The van der Waals surface area contributed by atoms with E-state index in [1.54, 1.807) is 38.1 Å². The van der Waals surface area contributed by atoms with Gasteiger partial charge in [0.2, 0.25) is 11.6 Å². The van der Waals surface area contributed by atoms with Crippen LogP contribution in [0.2, 0.25) is 0 Å². The number of hydrogen-bond donors (Lipinski definition) is 0. The van der Waals surface area contributed by atoms with Gasteiger partial charge in [0, 0.05) is 17.5 Å². The van der Waals surface area contributed by atoms with Gasteiger partial charge in [0.15, 0.2) is 11.4 Å². The van der Waals surface area contributed by atoms with E-state index in [0.717, 1.165) is 0 Å². The molecule has 3 rings (SSSR count). The summed E-state index contributed by atoms with van der Waals surface area (Å²) in [4.78, 5) is 35.9. The molecular formula is C15H12O4. The minimum Gasteiger partial charge on any atom is -0.479 e. The molecule has 0 bridgehead atoms. The first kappa shape index (κ1) is 11.8. The Morgan fingerprint density at radius 2 is 1.63 bits per heavy atom. The van der Waals surface area contributed by atoms with Crippen molar-refractivity contribution in [2.24, 2.45) is 0 Å². The van der Waals surface area contributed by atoms with Gasteiger partial charge in [0.1, 0.15) is 5.76 Å². The number of benzene rings is 1. The van der Waals surface area contributed by atoms with E-state index >= 15 is 0 Å². The van der Waals surface area contributed by atoms with E-state index in [-0.39, 0.29) is 17.8 Å². The number of rotatable bonds is 0. The van der Waals surface area contributed by atoms with Crippen LogP contribution in [0.1, 0.15) is 36.2 Å². The third-order valence-corrected chi connectivity index (χ3v) is 3.54. The molecule has 0 atom stereocenters. The minimum atomic E-state index is -0.966. The molecule has 4 heteroatoms. The van der Waals surface area contributed by atoms with Crippen LogP contribution in [0.25, 0.3) is 5.76 Å². The highest BCUT2D eigenvalue weighted by Crippen LogP contribution is 2.39. The molecule has 1 heterocycles. The predicted octanol–water partition coefficient (Wildman–Crippen LogP) is 1.93. The second-order valence-electron chi connectivity index (χ2n) is 5.22. The van der Waals surface area contributed by atoms with Crippen molar-refractivity contribution in [1.29, 1.82) is 0 Å². The van der Waals surface area contributed by atoms with Crippen LogP contribution in [0.3, 0.4) is 0 Å². The first-order valence-electron chi connectivity index (χ1n) is 6.06. The molecule has 0 radical (unpaired) electrons. The monoisotopic (exact) mass is 256 g/mol. The molecule has 0 aromatic heterocycles. The number of hydrogen-bond acceptors (Lipinski definition) is 4. The fourth-order valence-electron chi connectivity index (χ4n) is 2.37. The maximum Gasteiger partial charge on any atom is 0.234 e. The van der Waals surface area contributed by atoms with Gasteiger partial charge in [-0.15, -0.1) is 0 Å². The van der Waals surface area contributed by atoms with E-state index in [1.807, 2.05) is 0 Å². The number of Topliss-reactive ketones (excluding diaryl/α,β-unsaturated/α-hetero) is 3. The Morgan fingerprint density at radius 1 is 1.00 bits per heavy atom. The molecule has 1 aliphatic heterocycles. The lowest BCUT2D eigenvalue weighted by Crippen LogP contribution is -2.41. The number of fused-ring (bicyclic) bond motifs is 2. The second kappa shape index (κ2) is 3.63. The standard InChI is InChI=1S/C15H12O4/c1-15(2)11(16)7-10-13(18)12(17)8-5-3-4-6-9(8)14(10)19-15/h3-6H,7H2,1-2H3.